The van der Waals surface area contributed by atoms with Crippen LogP contribution < -0.4 is 5.32 Å². The number of carbonyl (C=O) groups is 1. The van der Waals surface area contributed by atoms with E-state index < -0.39 is 124 Å². The van der Waals surface area contributed by atoms with Gasteiger partial charge < -0.3 is 89.9 Å². The van der Waals surface area contributed by atoms with E-state index in [1.807, 2.05) is 6.08 Å². The molecule has 0 bridgehead atoms. The van der Waals surface area contributed by atoms with E-state index in [4.69, 9.17) is 28.4 Å². The van der Waals surface area contributed by atoms with Crippen LogP contribution in [0.25, 0.3) is 0 Å². The third kappa shape index (κ3) is 43.5. The fraction of sp³-hybridized carbons (Fsp3) is 0.940. The van der Waals surface area contributed by atoms with Crippen molar-refractivity contribution < 1.29 is 89.4 Å². The standard InChI is InChI=1S/C83H157NO18/c1-3-5-7-9-11-13-15-17-19-21-23-25-26-27-28-29-30-31-32-33-34-35-36-37-38-39-40-41-43-45-47-49-51-53-55-57-59-61-71(89)84-66(67(88)60-58-56-54-52-50-48-46-44-42-24-22-20-18-16-14-12-10-8-6-4-2)65-97-81-77(95)74(92)79(69(63-86)99-81)102-83-78(96)75(93)80(70(64-87)100-83)101-82-76(94)73(91)72(90)68(62-85)98-82/h50,52,58,60,66-70,72-83,85-88,90-96H,3-49,51,53-57,59,61-65H2,1-2H3,(H,84,89)/b52-50+,60-58+. The molecule has 3 aliphatic heterocycles. The number of nitrogens with one attached hydrogen (secondary N) is 1. The minimum atomic E-state index is -1.98. The first kappa shape index (κ1) is 94.5. The molecule has 1 amide bonds. The second-order valence-electron chi connectivity index (χ2n) is 30.6. The van der Waals surface area contributed by atoms with Crippen LogP contribution in [-0.2, 0) is 33.2 Å². The van der Waals surface area contributed by atoms with Gasteiger partial charge in [0.25, 0.3) is 0 Å². The first-order chi connectivity index (χ1) is 49.8. The van der Waals surface area contributed by atoms with Crippen molar-refractivity contribution in [1.82, 2.24) is 5.32 Å². The lowest BCUT2D eigenvalue weighted by Gasteiger charge is -2.48. The summed E-state index contributed by atoms with van der Waals surface area (Å²) >= 11 is 0. The number of aliphatic hydroxyl groups is 11. The molecule has 602 valence electrons. The molecule has 19 nitrogen and oxygen atoms in total. The number of amides is 1. The highest BCUT2D eigenvalue weighted by atomic mass is 16.8. The van der Waals surface area contributed by atoms with Crippen molar-refractivity contribution in [2.75, 3.05) is 26.4 Å². The molecule has 17 unspecified atom stereocenters. The summed E-state index contributed by atoms with van der Waals surface area (Å²) in [5.74, 6) is -0.277. The number of hydrogen-bond acceptors (Lipinski definition) is 18. The Morgan fingerprint density at radius 3 is 0.980 bits per heavy atom. The van der Waals surface area contributed by atoms with Gasteiger partial charge in [-0.25, -0.2) is 0 Å². The van der Waals surface area contributed by atoms with Crippen molar-refractivity contribution in [2.45, 2.75) is 471 Å². The van der Waals surface area contributed by atoms with Crippen molar-refractivity contribution in [3.8, 4) is 0 Å². The van der Waals surface area contributed by atoms with Crippen LogP contribution in [0.3, 0.4) is 0 Å². The van der Waals surface area contributed by atoms with E-state index in [2.05, 4.69) is 31.3 Å². The van der Waals surface area contributed by atoms with E-state index in [-0.39, 0.29) is 18.9 Å². The summed E-state index contributed by atoms with van der Waals surface area (Å²) in [4.78, 5) is 13.5. The fourth-order valence-corrected chi connectivity index (χ4v) is 14.7. The van der Waals surface area contributed by atoms with Gasteiger partial charge in [-0.05, 0) is 32.1 Å². The van der Waals surface area contributed by atoms with Crippen LogP contribution in [0.5, 0.6) is 0 Å². The average Bonchev–Trinajstić information content (AvgIpc) is 0.773. The minimum Gasteiger partial charge on any atom is -0.394 e. The molecule has 3 aliphatic rings. The highest BCUT2D eigenvalue weighted by Gasteiger charge is 2.54. The average molecular weight is 1460 g/mol. The summed E-state index contributed by atoms with van der Waals surface area (Å²) in [7, 11) is 0. The number of carbonyl (C=O) groups excluding carboxylic acids is 1. The van der Waals surface area contributed by atoms with Crippen LogP contribution in [0.4, 0.5) is 0 Å². The van der Waals surface area contributed by atoms with Crippen molar-refractivity contribution in [3.05, 3.63) is 24.3 Å². The summed E-state index contributed by atoms with van der Waals surface area (Å²) in [5.41, 5.74) is 0. The Balaban J connectivity index is 1.32. The van der Waals surface area contributed by atoms with Gasteiger partial charge >= 0.3 is 0 Å². The second kappa shape index (κ2) is 64.1. The number of hydrogen-bond donors (Lipinski definition) is 12. The Morgan fingerprint density at radius 2 is 0.627 bits per heavy atom. The van der Waals surface area contributed by atoms with E-state index in [1.54, 1.807) is 6.08 Å². The van der Waals surface area contributed by atoms with Gasteiger partial charge in [0.2, 0.25) is 5.91 Å². The Kier molecular flexibility index (Phi) is 59.4. The van der Waals surface area contributed by atoms with Crippen LogP contribution >= 0.6 is 0 Å². The Morgan fingerprint density at radius 1 is 0.343 bits per heavy atom. The van der Waals surface area contributed by atoms with Crippen LogP contribution in [0, 0.1) is 0 Å². The Hall–Kier alpha value is -1.73. The highest BCUT2D eigenvalue weighted by Crippen LogP contribution is 2.33. The van der Waals surface area contributed by atoms with Gasteiger partial charge in [-0.1, -0.05) is 353 Å². The molecule has 0 aromatic rings. The molecule has 0 saturated carbocycles. The third-order valence-electron chi connectivity index (χ3n) is 21.5. The van der Waals surface area contributed by atoms with E-state index >= 15 is 0 Å². The smallest absolute Gasteiger partial charge is 0.220 e. The molecule has 17 atom stereocenters. The molecule has 0 spiro atoms. The molecule has 3 saturated heterocycles. The number of unbranched alkanes of at least 4 members (excludes halogenated alkanes) is 51. The Bertz CT molecular complexity index is 1940. The van der Waals surface area contributed by atoms with E-state index in [9.17, 15) is 61.0 Å². The quantitative estimate of drug-likeness (QED) is 0.0199. The van der Waals surface area contributed by atoms with Crippen LogP contribution in [-0.4, -0.2) is 193 Å². The fourth-order valence-electron chi connectivity index (χ4n) is 14.7. The van der Waals surface area contributed by atoms with Gasteiger partial charge in [0.05, 0.1) is 38.6 Å². The second-order valence-corrected chi connectivity index (χ2v) is 30.6. The molecular formula is C83H157NO18. The lowest BCUT2D eigenvalue weighted by molar-refractivity contribution is -0.379. The van der Waals surface area contributed by atoms with Crippen molar-refractivity contribution >= 4 is 5.91 Å². The molecule has 19 heteroatoms. The summed E-state index contributed by atoms with van der Waals surface area (Å²) in [6, 6.07) is -0.988. The summed E-state index contributed by atoms with van der Waals surface area (Å²) in [6.45, 7) is 1.78. The van der Waals surface area contributed by atoms with E-state index in [1.165, 1.54) is 295 Å². The number of aliphatic hydroxyl groups excluding tert-OH is 11. The number of rotatable bonds is 69. The van der Waals surface area contributed by atoms with Gasteiger partial charge in [-0.2, -0.15) is 0 Å². The van der Waals surface area contributed by atoms with Gasteiger partial charge in [0.1, 0.15) is 73.2 Å². The van der Waals surface area contributed by atoms with Crippen LogP contribution in [0.15, 0.2) is 24.3 Å². The van der Waals surface area contributed by atoms with Gasteiger partial charge in [0, 0.05) is 6.42 Å². The van der Waals surface area contributed by atoms with E-state index in [0.29, 0.717) is 12.8 Å². The molecule has 102 heavy (non-hydrogen) atoms. The maximum Gasteiger partial charge on any atom is 0.220 e. The van der Waals surface area contributed by atoms with Crippen molar-refractivity contribution in [2.24, 2.45) is 0 Å². The predicted octanol–water partition coefficient (Wildman–Crippen LogP) is 14.9. The van der Waals surface area contributed by atoms with Gasteiger partial charge in [-0.3, -0.25) is 4.79 Å². The maximum atomic E-state index is 13.5. The zero-order valence-electron chi connectivity index (χ0n) is 64.6. The largest absolute Gasteiger partial charge is 0.394 e. The Labute approximate surface area is 619 Å². The highest BCUT2D eigenvalue weighted by molar-refractivity contribution is 5.76. The van der Waals surface area contributed by atoms with Crippen molar-refractivity contribution in [3.63, 3.8) is 0 Å². The monoisotopic (exact) mass is 1460 g/mol. The molecular weight excluding hydrogens is 1300 g/mol. The lowest BCUT2D eigenvalue weighted by Crippen LogP contribution is -2.66. The van der Waals surface area contributed by atoms with Crippen LogP contribution in [0.1, 0.15) is 367 Å². The maximum absolute atomic E-state index is 13.5. The zero-order valence-corrected chi connectivity index (χ0v) is 64.6. The summed E-state index contributed by atoms with van der Waals surface area (Å²) in [6.07, 6.45) is 52.0. The van der Waals surface area contributed by atoms with Crippen molar-refractivity contribution in [1.29, 1.82) is 0 Å². The molecule has 0 aromatic heterocycles. The summed E-state index contributed by atoms with van der Waals surface area (Å²) < 4.78 is 34.4. The van der Waals surface area contributed by atoms with Crippen LogP contribution in [0.2, 0.25) is 0 Å². The molecule has 0 radical (unpaired) electrons. The minimum absolute atomic E-state index is 0.241. The molecule has 3 fully saturated rings. The van der Waals surface area contributed by atoms with E-state index in [0.717, 1.165) is 38.5 Å². The predicted molar refractivity (Wildman–Crippen MR) is 406 cm³/mol. The van der Waals surface area contributed by atoms with Gasteiger partial charge in [0.15, 0.2) is 18.9 Å². The topological polar surface area (TPSA) is 307 Å². The molecule has 0 aliphatic carbocycles. The molecule has 3 rings (SSSR count). The van der Waals surface area contributed by atoms with Gasteiger partial charge in [-0.15, -0.1) is 0 Å². The first-order valence-electron chi connectivity index (χ1n) is 42.6. The normalized spacial score (nSPS) is 26.2. The molecule has 0 aromatic carbocycles. The third-order valence-corrected chi connectivity index (χ3v) is 21.5. The first-order valence-corrected chi connectivity index (χ1v) is 42.6. The molecule has 12 N–H and O–H groups in total. The zero-order chi connectivity index (χ0) is 73.9. The lowest BCUT2D eigenvalue weighted by atomic mass is 9.96. The summed E-state index contributed by atoms with van der Waals surface area (Å²) in [5, 5.41) is 121. The number of allylic oxidation sites excluding steroid dienone is 3. The molecule has 3 heterocycles. The SMILES string of the molecule is CCCCCCCCCCCCCCCC/C=C/CC/C=C/C(O)C(COC1OC(CO)C(OC2OC(CO)C(OC3OC(CO)C(O)C(O)C3O)C(O)C2O)C(O)C1O)NC(=O)CCCCCCCCCCCCCCCCCCCCCCCCCCCCCCCCCCCCCCC. The number of ether oxygens (including phenoxy) is 6.